The molecule has 1 saturated heterocycles. The third-order valence-corrected chi connectivity index (χ3v) is 6.48. The maximum absolute atomic E-state index is 12.8. The zero-order valence-electron chi connectivity index (χ0n) is 14.1. The molecule has 1 heterocycles. The lowest BCUT2D eigenvalue weighted by atomic mass is 9.87. The third-order valence-electron chi connectivity index (χ3n) is 6.04. The monoisotopic (exact) mass is 380 g/mol. The van der Waals surface area contributed by atoms with Crippen molar-refractivity contribution in [2.45, 2.75) is 25.7 Å². The van der Waals surface area contributed by atoms with Gasteiger partial charge in [-0.05, 0) is 49.3 Å². The largest absolute Gasteiger partial charge is 0.339 e. The van der Waals surface area contributed by atoms with Crippen LogP contribution in [-0.4, -0.2) is 47.8 Å². The standard InChI is InChI=1S/C19H22Cl2N2O2/c20-15-9-14(10-16(21)11-15)18(24)22-3-5-23(6-4-22)19(25)17-8-12-1-2-13(17)7-12/h9-13,17H,1-8H2/t12-,13-,17-/m0/s1. The zero-order chi connectivity index (χ0) is 17.6. The van der Waals surface area contributed by atoms with Gasteiger partial charge in [-0.15, -0.1) is 0 Å². The van der Waals surface area contributed by atoms with Gasteiger partial charge in [0.1, 0.15) is 0 Å². The lowest BCUT2D eigenvalue weighted by molar-refractivity contribution is -0.138. The van der Waals surface area contributed by atoms with Gasteiger partial charge in [0.25, 0.3) is 5.91 Å². The number of fused-ring (bicyclic) bond motifs is 2. The van der Waals surface area contributed by atoms with Crippen LogP contribution in [0.3, 0.4) is 0 Å². The van der Waals surface area contributed by atoms with E-state index < -0.39 is 0 Å². The van der Waals surface area contributed by atoms with Crippen molar-refractivity contribution in [1.82, 2.24) is 9.80 Å². The lowest BCUT2D eigenvalue weighted by Gasteiger charge is -2.37. The first-order valence-corrected chi connectivity index (χ1v) is 9.81. The third kappa shape index (κ3) is 3.39. The minimum atomic E-state index is -0.0728. The summed E-state index contributed by atoms with van der Waals surface area (Å²) in [5, 5.41) is 0.918. The summed E-state index contributed by atoms with van der Waals surface area (Å²) in [7, 11) is 0. The molecule has 3 aliphatic rings. The van der Waals surface area contributed by atoms with Crippen molar-refractivity contribution in [3.05, 3.63) is 33.8 Å². The average Bonchev–Trinajstić information content (AvgIpc) is 3.23. The van der Waals surface area contributed by atoms with E-state index in [1.54, 1.807) is 23.1 Å². The van der Waals surface area contributed by atoms with Crippen molar-refractivity contribution in [1.29, 1.82) is 0 Å². The van der Waals surface area contributed by atoms with Crippen molar-refractivity contribution >= 4 is 35.0 Å². The number of piperazine rings is 1. The summed E-state index contributed by atoms with van der Waals surface area (Å²) >= 11 is 12.0. The highest BCUT2D eigenvalue weighted by Gasteiger charge is 2.44. The Morgan fingerprint density at radius 3 is 2.08 bits per heavy atom. The van der Waals surface area contributed by atoms with Gasteiger partial charge in [0.05, 0.1) is 0 Å². The highest BCUT2D eigenvalue weighted by Crippen LogP contribution is 2.48. The van der Waals surface area contributed by atoms with E-state index in [1.807, 2.05) is 4.90 Å². The number of nitrogens with zero attached hydrogens (tertiary/aromatic N) is 2. The summed E-state index contributed by atoms with van der Waals surface area (Å²) < 4.78 is 0. The van der Waals surface area contributed by atoms with Crippen molar-refractivity contribution in [2.75, 3.05) is 26.2 Å². The molecule has 25 heavy (non-hydrogen) atoms. The molecule has 134 valence electrons. The van der Waals surface area contributed by atoms with Crippen molar-refractivity contribution < 1.29 is 9.59 Å². The molecule has 6 heteroatoms. The second-order valence-electron chi connectivity index (χ2n) is 7.56. The van der Waals surface area contributed by atoms with Crippen LogP contribution in [0, 0.1) is 17.8 Å². The van der Waals surface area contributed by atoms with Crippen LogP contribution in [0.4, 0.5) is 0 Å². The first-order chi connectivity index (χ1) is 12.0. The van der Waals surface area contributed by atoms with Gasteiger partial charge in [-0.3, -0.25) is 9.59 Å². The van der Waals surface area contributed by atoms with E-state index in [-0.39, 0.29) is 11.8 Å². The molecule has 0 spiro atoms. The van der Waals surface area contributed by atoms with Gasteiger partial charge < -0.3 is 9.80 Å². The molecule has 0 radical (unpaired) electrons. The molecule has 2 amide bonds. The molecule has 2 saturated carbocycles. The molecule has 3 atom stereocenters. The Morgan fingerprint density at radius 2 is 1.52 bits per heavy atom. The van der Waals surface area contributed by atoms with Crippen LogP contribution < -0.4 is 0 Å². The Labute approximate surface area is 158 Å². The first-order valence-electron chi connectivity index (χ1n) is 9.05. The second kappa shape index (κ2) is 6.81. The van der Waals surface area contributed by atoms with Gasteiger partial charge in [-0.25, -0.2) is 0 Å². The Kier molecular flexibility index (Phi) is 4.67. The summed E-state index contributed by atoms with van der Waals surface area (Å²) in [5.74, 6) is 1.84. The van der Waals surface area contributed by atoms with Gasteiger partial charge in [0, 0.05) is 47.7 Å². The molecular weight excluding hydrogens is 359 g/mol. The summed E-state index contributed by atoms with van der Waals surface area (Å²) in [4.78, 5) is 29.2. The first kappa shape index (κ1) is 17.2. The van der Waals surface area contributed by atoms with Crippen molar-refractivity contribution in [3.8, 4) is 0 Å². The van der Waals surface area contributed by atoms with Crippen LogP contribution in [0.15, 0.2) is 18.2 Å². The summed E-state index contributed by atoms with van der Waals surface area (Å²) in [6.45, 7) is 2.37. The lowest BCUT2D eigenvalue weighted by Crippen LogP contribution is -2.52. The molecule has 2 bridgehead atoms. The molecule has 0 unspecified atom stereocenters. The number of carbonyl (C=O) groups is 2. The van der Waals surface area contributed by atoms with Crippen molar-refractivity contribution in [2.24, 2.45) is 17.8 Å². The van der Waals surface area contributed by atoms with Gasteiger partial charge in [-0.1, -0.05) is 29.6 Å². The van der Waals surface area contributed by atoms with Gasteiger partial charge in [0.15, 0.2) is 0 Å². The molecule has 4 nitrogen and oxygen atoms in total. The second-order valence-corrected chi connectivity index (χ2v) is 8.43. The fourth-order valence-electron chi connectivity index (χ4n) is 4.77. The topological polar surface area (TPSA) is 40.6 Å². The predicted molar refractivity (Wildman–Crippen MR) is 97.9 cm³/mol. The van der Waals surface area contributed by atoms with Crippen LogP contribution >= 0.6 is 23.2 Å². The molecule has 1 aliphatic heterocycles. The number of hydrogen-bond acceptors (Lipinski definition) is 2. The zero-order valence-corrected chi connectivity index (χ0v) is 15.6. The van der Waals surface area contributed by atoms with E-state index in [1.165, 1.54) is 19.3 Å². The van der Waals surface area contributed by atoms with Gasteiger partial charge >= 0.3 is 0 Å². The maximum Gasteiger partial charge on any atom is 0.254 e. The van der Waals surface area contributed by atoms with E-state index >= 15 is 0 Å². The fraction of sp³-hybridized carbons (Fsp3) is 0.579. The molecule has 1 aromatic rings. The molecule has 0 aromatic heterocycles. The van der Waals surface area contributed by atoms with Crippen LogP contribution in [-0.2, 0) is 4.79 Å². The highest BCUT2D eigenvalue weighted by molar-refractivity contribution is 6.35. The summed E-state index contributed by atoms with van der Waals surface area (Å²) in [5.41, 5.74) is 0.505. The van der Waals surface area contributed by atoms with Crippen LogP contribution in [0.5, 0.6) is 0 Å². The molecular formula is C19H22Cl2N2O2. The molecule has 4 rings (SSSR count). The fourth-order valence-corrected chi connectivity index (χ4v) is 5.30. The predicted octanol–water partition coefficient (Wildman–Crippen LogP) is 3.71. The van der Waals surface area contributed by atoms with E-state index in [0.29, 0.717) is 53.6 Å². The Balaban J connectivity index is 1.36. The Bertz CT molecular complexity index is 680. The normalized spacial score (nSPS) is 28.5. The summed E-state index contributed by atoms with van der Waals surface area (Å²) in [6, 6.07) is 4.90. The summed E-state index contributed by atoms with van der Waals surface area (Å²) in [6.07, 6.45) is 4.84. The van der Waals surface area contributed by atoms with E-state index in [2.05, 4.69) is 0 Å². The van der Waals surface area contributed by atoms with Gasteiger partial charge in [-0.2, -0.15) is 0 Å². The molecule has 0 N–H and O–H groups in total. The van der Waals surface area contributed by atoms with E-state index in [9.17, 15) is 9.59 Å². The maximum atomic E-state index is 12.8. The quantitative estimate of drug-likeness (QED) is 0.784. The number of halogens is 2. The van der Waals surface area contributed by atoms with E-state index in [0.717, 1.165) is 12.3 Å². The smallest absolute Gasteiger partial charge is 0.254 e. The number of rotatable bonds is 2. The molecule has 1 aromatic carbocycles. The Hall–Kier alpha value is -1.26. The van der Waals surface area contributed by atoms with Crippen LogP contribution in [0.1, 0.15) is 36.0 Å². The number of carbonyl (C=O) groups excluding carboxylic acids is 2. The van der Waals surface area contributed by atoms with Crippen molar-refractivity contribution in [3.63, 3.8) is 0 Å². The van der Waals surface area contributed by atoms with E-state index in [4.69, 9.17) is 23.2 Å². The number of amides is 2. The Morgan fingerprint density at radius 1 is 0.880 bits per heavy atom. The number of hydrogen-bond donors (Lipinski definition) is 0. The van der Waals surface area contributed by atoms with Crippen LogP contribution in [0.25, 0.3) is 0 Å². The minimum Gasteiger partial charge on any atom is -0.339 e. The SMILES string of the molecule is O=C(c1cc(Cl)cc(Cl)c1)N1CCN(C(=O)[C@H]2C[C@H]3CC[C@H]2C3)CC1. The molecule has 3 fully saturated rings. The highest BCUT2D eigenvalue weighted by atomic mass is 35.5. The average molecular weight is 381 g/mol. The van der Waals surface area contributed by atoms with Crippen LogP contribution in [0.2, 0.25) is 10.0 Å². The van der Waals surface area contributed by atoms with Gasteiger partial charge in [0.2, 0.25) is 5.91 Å². The minimum absolute atomic E-state index is 0.0728. The number of benzene rings is 1. The molecule has 2 aliphatic carbocycles.